The molecular weight excluding hydrogens is 774 g/mol. The zero-order valence-corrected chi connectivity index (χ0v) is 34.4. The van der Waals surface area contributed by atoms with Gasteiger partial charge in [0, 0.05) is 21.5 Å². The molecule has 0 amide bonds. The molecule has 0 bridgehead atoms. The molecule has 0 spiro atoms. The standard InChI is InChI=1S/C55H37F3N4/c1-32-20-33(2)23-38(22-32)36-14-18-51-46(27-36)43-10-6-8-12-49(43)61(51)53-29-45(42-17-16-41(55(56,57)58)26-40(42)31-59)48(60-5)30-54(53)62-50-13-9-7-11-44(50)47-28-37(15-19-52(47)62)39-24-34(3)21-35(4)25-39/h6-30H,1-4H3. The molecule has 7 heteroatoms. The van der Waals surface area contributed by atoms with E-state index >= 15 is 0 Å². The van der Waals surface area contributed by atoms with Crippen molar-refractivity contribution in [2.24, 2.45) is 0 Å². The number of halogens is 3. The van der Waals surface area contributed by atoms with Crippen LogP contribution >= 0.6 is 0 Å². The lowest BCUT2D eigenvalue weighted by atomic mass is 9.95. The highest BCUT2D eigenvalue weighted by molar-refractivity contribution is 6.13. The third kappa shape index (κ3) is 6.30. The molecule has 0 radical (unpaired) electrons. The SMILES string of the molecule is [C-]#[N+]c1cc(-n2c3ccccc3c3cc(-c4cc(C)cc(C)c4)ccc32)c(-n2c3ccccc3c3cc(-c4cc(C)cc(C)c4)ccc32)cc1-c1ccc(C(F)(F)F)cc1C#N. The number of hydrogen-bond donors (Lipinski definition) is 0. The molecule has 0 aliphatic rings. The Morgan fingerprint density at radius 3 is 1.42 bits per heavy atom. The Bertz CT molecular complexity index is 3550. The number of aryl methyl sites for hydroxylation is 4. The number of nitriles is 1. The largest absolute Gasteiger partial charge is 0.416 e. The maximum Gasteiger partial charge on any atom is 0.416 e. The van der Waals surface area contributed by atoms with Gasteiger partial charge in [0.1, 0.15) is 0 Å². The molecule has 0 unspecified atom stereocenters. The van der Waals surface area contributed by atoms with Gasteiger partial charge in [-0.1, -0.05) is 113 Å². The summed E-state index contributed by atoms with van der Waals surface area (Å²) in [5, 5.41) is 14.4. The minimum absolute atomic E-state index is 0.167. The van der Waals surface area contributed by atoms with Gasteiger partial charge in [-0.25, -0.2) is 4.85 Å². The topological polar surface area (TPSA) is 38.0 Å². The van der Waals surface area contributed by atoms with Gasteiger partial charge < -0.3 is 9.13 Å². The molecule has 10 rings (SSSR count). The second-order valence-corrected chi connectivity index (χ2v) is 16.3. The van der Waals surface area contributed by atoms with Crippen molar-refractivity contribution in [2.45, 2.75) is 33.9 Å². The minimum Gasteiger partial charge on any atom is -0.308 e. The van der Waals surface area contributed by atoms with Gasteiger partial charge in [0.25, 0.3) is 0 Å². The Morgan fingerprint density at radius 2 is 0.952 bits per heavy atom. The molecule has 2 aromatic heterocycles. The van der Waals surface area contributed by atoms with Gasteiger partial charge in [0.05, 0.1) is 57.2 Å². The van der Waals surface area contributed by atoms with Gasteiger partial charge in [-0.2, -0.15) is 18.4 Å². The van der Waals surface area contributed by atoms with Crippen molar-refractivity contribution < 1.29 is 13.2 Å². The molecule has 0 atom stereocenters. The number of nitrogens with zero attached hydrogens (tertiary/aromatic N) is 4. The Morgan fingerprint density at radius 1 is 0.484 bits per heavy atom. The summed E-state index contributed by atoms with van der Waals surface area (Å²) >= 11 is 0. The molecule has 4 nitrogen and oxygen atoms in total. The van der Waals surface area contributed by atoms with Gasteiger partial charge in [0.2, 0.25) is 0 Å². The Labute approximate surface area is 356 Å². The molecule has 0 saturated heterocycles. The van der Waals surface area contributed by atoms with Crippen molar-refractivity contribution in [3.05, 3.63) is 196 Å². The van der Waals surface area contributed by atoms with Gasteiger partial charge in [0.15, 0.2) is 5.69 Å². The number of para-hydroxylation sites is 2. The molecule has 298 valence electrons. The fraction of sp³-hybridized carbons (Fsp3) is 0.0909. The van der Waals surface area contributed by atoms with E-state index in [0.717, 1.165) is 78.0 Å². The average molecular weight is 811 g/mol. The van der Waals surface area contributed by atoms with E-state index in [1.807, 2.05) is 42.5 Å². The van der Waals surface area contributed by atoms with E-state index in [1.54, 1.807) is 0 Å². The van der Waals surface area contributed by atoms with Crippen LogP contribution in [-0.2, 0) is 6.18 Å². The third-order valence-electron chi connectivity index (χ3n) is 11.9. The lowest BCUT2D eigenvalue weighted by Crippen LogP contribution is -2.06. The van der Waals surface area contributed by atoms with Crippen molar-refractivity contribution in [1.82, 2.24) is 9.13 Å². The smallest absolute Gasteiger partial charge is 0.308 e. The van der Waals surface area contributed by atoms with Gasteiger partial charge in [-0.05, 0) is 122 Å². The second kappa shape index (κ2) is 14.4. The van der Waals surface area contributed by atoms with Crippen LogP contribution in [0.3, 0.4) is 0 Å². The number of benzene rings is 8. The zero-order chi connectivity index (χ0) is 43.0. The summed E-state index contributed by atoms with van der Waals surface area (Å²) in [6.07, 6.45) is -4.64. The fourth-order valence-corrected chi connectivity index (χ4v) is 9.39. The first-order valence-electron chi connectivity index (χ1n) is 20.3. The fourth-order valence-electron chi connectivity index (χ4n) is 9.39. The molecule has 0 aliphatic heterocycles. The van der Waals surface area contributed by atoms with Crippen molar-refractivity contribution >= 4 is 49.3 Å². The Balaban J connectivity index is 1.32. The molecule has 0 saturated carbocycles. The zero-order valence-electron chi connectivity index (χ0n) is 34.4. The first-order valence-corrected chi connectivity index (χ1v) is 20.3. The van der Waals surface area contributed by atoms with Crippen LogP contribution in [0.15, 0.2) is 152 Å². The monoisotopic (exact) mass is 810 g/mol. The maximum absolute atomic E-state index is 14.0. The number of rotatable bonds is 5. The molecular formula is C55H37F3N4. The summed E-state index contributed by atoms with van der Waals surface area (Å²) in [4.78, 5) is 4.00. The maximum atomic E-state index is 14.0. The highest BCUT2D eigenvalue weighted by Crippen LogP contribution is 2.45. The summed E-state index contributed by atoms with van der Waals surface area (Å²) < 4.78 is 46.3. The summed E-state index contributed by atoms with van der Waals surface area (Å²) in [5.41, 5.74) is 13.9. The van der Waals surface area contributed by atoms with E-state index in [0.29, 0.717) is 16.9 Å². The highest BCUT2D eigenvalue weighted by atomic mass is 19.4. The molecule has 10 aromatic rings. The van der Waals surface area contributed by atoms with E-state index < -0.39 is 11.7 Å². The number of fused-ring (bicyclic) bond motifs is 6. The third-order valence-corrected chi connectivity index (χ3v) is 11.9. The molecule has 0 aliphatic carbocycles. The van der Waals surface area contributed by atoms with Crippen molar-refractivity contribution in [2.75, 3.05) is 0 Å². The summed E-state index contributed by atoms with van der Waals surface area (Å²) in [7, 11) is 0. The first kappa shape index (κ1) is 38.3. The van der Waals surface area contributed by atoms with E-state index in [9.17, 15) is 18.4 Å². The van der Waals surface area contributed by atoms with E-state index in [4.69, 9.17) is 6.57 Å². The summed E-state index contributed by atoms with van der Waals surface area (Å²) in [5.74, 6) is 0. The lowest BCUT2D eigenvalue weighted by Gasteiger charge is -2.20. The van der Waals surface area contributed by atoms with Crippen LogP contribution in [-0.4, -0.2) is 9.13 Å². The van der Waals surface area contributed by atoms with Crippen LogP contribution in [0.25, 0.3) is 93.2 Å². The van der Waals surface area contributed by atoms with E-state index in [1.165, 1.54) is 28.3 Å². The van der Waals surface area contributed by atoms with Crippen molar-refractivity contribution in [3.8, 4) is 50.8 Å². The van der Waals surface area contributed by atoms with Gasteiger partial charge in [-0.15, -0.1) is 0 Å². The molecule has 62 heavy (non-hydrogen) atoms. The molecule has 2 heterocycles. The highest BCUT2D eigenvalue weighted by Gasteiger charge is 2.32. The second-order valence-electron chi connectivity index (χ2n) is 16.3. The van der Waals surface area contributed by atoms with Gasteiger partial charge in [-0.3, -0.25) is 0 Å². The average Bonchev–Trinajstić information content (AvgIpc) is 3.76. The molecule has 0 N–H and O–H groups in total. The van der Waals surface area contributed by atoms with Crippen molar-refractivity contribution in [1.29, 1.82) is 5.26 Å². The number of aromatic nitrogens is 2. The first-order chi connectivity index (χ1) is 29.9. The molecule has 0 fully saturated rings. The predicted molar refractivity (Wildman–Crippen MR) is 246 cm³/mol. The van der Waals surface area contributed by atoms with Crippen LogP contribution < -0.4 is 0 Å². The van der Waals surface area contributed by atoms with E-state index in [2.05, 4.69) is 139 Å². The van der Waals surface area contributed by atoms with Crippen LogP contribution in [0.4, 0.5) is 18.9 Å². The van der Waals surface area contributed by atoms with Crippen molar-refractivity contribution in [3.63, 3.8) is 0 Å². The van der Waals surface area contributed by atoms with Gasteiger partial charge >= 0.3 is 6.18 Å². The number of hydrogen-bond acceptors (Lipinski definition) is 1. The molecule has 8 aromatic carbocycles. The van der Waals surface area contributed by atoms with Crippen LogP contribution in [0.1, 0.15) is 33.4 Å². The summed E-state index contributed by atoms with van der Waals surface area (Å²) in [6, 6.07) is 51.3. The Kier molecular flexibility index (Phi) is 8.91. The predicted octanol–water partition coefficient (Wildman–Crippen LogP) is 15.6. The number of alkyl halides is 3. The summed E-state index contributed by atoms with van der Waals surface area (Å²) in [6.45, 7) is 16.9. The quantitative estimate of drug-likeness (QED) is 0.160. The normalized spacial score (nSPS) is 11.8. The van der Waals surface area contributed by atoms with Crippen LogP contribution in [0.2, 0.25) is 0 Å². The minimum atomic E-state index is -4.64. The van der Waals surface area contributed by atoms with E-state index in [-0.39, 0.29) is 16.8 Å². The Hall–Kier alpha value is -7.87. The van der Waals surface area contributed by atoms with Crippen LogP contribution in [0.5, 0.6) is 0 Å². The van der Waals surface area contributed by atoms with Crippen LogP contribution in [0, 0.1) is 45.6 Å². The lowest BCUT2D eigenvalue weighted by molar-refractivity contribution is -0.137.